The summed E-state index contributed by atoms with van der Waals surface area (Å²) in [6.45, 7) is 4.14. The zero-order valence-corrected chi connectivity index (χ0v) is 12.4. The van der Waals surface area contributed by atoms with Crippen molar-refractivity contribution in [2.75, 3.05) is 5.32 Å². The molecule has 0 saturated heterocycles. The van der Waals surface area contributed by atoms with Crippen LogP contribution in [-0.4, -0.2) is 21.0 Å². The number of non-ortho nitro benzene ring substituents is 1. The first-order valence-electron chi connectivity index (χ1n) is 6.34. The van der Waals surface area contributed by atoms with Gasteiger partial charge in [0, 0.05) is 24.1 Å². The molecule has 1 N–H and O–H groups in total. The number of hydrogen-bond donors (Lipinski definition) is 1. The third kappa shape index (κ3) is 4.06. The molecule has 8 heteroatoms. The molecule has 1 aromatic carbocycles. The summed E-state index contributed by atoms with van der Waals surface area (Å²) in [4.78, 5) is 22.2. The Morgan fingerprint density at radius 3 is 2.86 bits per heavy atom. The number of carbonyl (C=O) groups excluding carboxylic acids is 1. The minimum absolute atomic E-state index is 0.125. The Bertz CT molecular complexity index is 669. The quantitative estimate of drug-likeness (QED) is 0.676. The average molecular weight is 306 g/mol. The number of nitrogens with one attached hydrogen (secondary N) is 1. The Morgan fingerprint density at radius 2 is 2.19 bits per heavy atom. The largest absolute Gasteiger partial charge is 0.296 e. The molecule has 1 heterocycles. The lowest BCUT2D eigenvalue weighted by Gasteiger charge is -2.01. The predicted molar refractivity (Wildman–Crippen MR) is 79.5 cm³/mol. The fourth-order valence-electron chi connectivity index (χ4n) is 1.67. The molecule has 1 amide bonds. The van der Waals surface area contributed by atoms with Crippen LogP contribution in [-0.2, 0) is 6.42 Å². The van der Waals surface area contributed by atoms with E-state index in [4.69, 9.17) is 0 Å². The topological polar surface area (TPSA) is 98.0 Å². The molecule has 2 rings (SSSR count). The molecule has 0 aliphatic rings. The number of amides is 1. The zero-order chi connectivity index (χ0) is 15.4. The van der Waals surface area contributed by atoms with Gasteiger partial charge in [-0.25, -0.2) is 0 Å². The molecule has 1 aromatic heterocycles. The van der Waals surface area contributed by atoms with E-state index in [1.165, 1.54) is 35.6 Å². The standard InChI is InChI=1S/C13H14N4O3S/c1-8(2)6-11-15-16-13(21-11)14-12(18)9-4-3-5-10(7-9)17(19)20/h3-5,7-8H,6H2,1-2H3,(H,14,16,18). The highest BCUT2D eigenvalue weighted by Crippen LogP contribution is 2.20. The van der Waals surface area contributed by atoms with Gasteiger partial charge >= 0.3 is 0 Å². The van der Waals surface area contributed by atoms with Crippen LogP contribution < -0.4 is 5.32 Å². The number of nitro benzene ring substituents is 1. The highest BCUT2D eigenvalue weighted by Gasteiger charge is 2.14. The number of hydrogen-bond acceptors (Lipinski definition) is 6. The summed E-state index contributed by atoms with van der Waals surface area (Å²) in [5.74, 6) is 0.0178. The van der Waals surface area contributed by atoms with Gasteiger partial charge in [-0.05, 0) is 12.0 Å². The molecule has 7 nitrogen and oxygen atoms in total. The second kappa shape index (κ2) is 6.40. The maximum Gasteiger partial charge on any atom is 0.270 e. The van der Waals surface area contributed by atoms with E-state index in [0.717, 1.165) is 11.4 Å². The number of nitro groups is 1. The van der Waals surface area contributed by atoms with Gasteiger partial charge < -0.3 is 0 Å². The van der Waals surface area contributed by atoms with Crippen LogP contribution >= 0.6 is 11.3 Å². The molecule has 110 valence electrons. The van der Waals surface area contributed by atoms with Crippen molar-refractivity contribution in [2.45, 2.75) is 20.3 Å². The average Bonchev–Trinajstić information content (AvgIpc) is 2.85. The van der Waals surface area contributed by atoms with E-state index in [0.29, 0.717) is 11.0 Å². The van der Waals surface area contributed by atoms with Crippen LogP contribution in [0.5, 0.6) is 0 Å². The zero-order valence-electron chi connectivity index (χ0n) is 11.6. The van der Waals surface area contributed by atoms with E-state index in [-0.39, 0.29) is 11.3 Å². The summed E-state index contributed by atoms with van der Waals surface area (Å²) in [6, 6.07) is 5.55. The second-order valence-corrected chi connectivity index (χ2v) is 5.92. The number of nitrogens with zero attached hydrogens (tertiary/aromatic N) is 3. The number of aromatic nitrogens is 2. The van der Waals surface area contributed by atoms with Crippen LogP contribution in [0.25, 0.3) is 0 Å². The van der Waals surface area contributed by atoms with E-state index in [2.05, 4.69) is 29.4 Å². The third-order valence-electron chi connectivity index (χ3n) is 2.59. The SMILES string of the molecule is CC(C)Cc1nnc(NC(=O)c2cccc([N+](=O)[O-])c2)s1. The van der Waals surface area contributed by atoms with Crippen molar-refractivity contribution in [3.63, 3.8) is 0 Å². The summed E-state index contributed by atoms with van der Waals surface area (Å²) in [5.41, 5.74) is 0.0882. The van der Waals surface area contributed by atoms with Crippen LogP contribution in [0.4, 0.5) is 10.8 Å². The molecule has 0 unspecified atom stereocenters. The minimum Gasteiger partial charge on any atom is -0.296 e. The normalized spacial score (nSPS) is 10.6. The van der Waals surface area contributed by atoms with Crippen molar-refractivity contribution in [3.05, 3.63) is 45.0 Å². The molecule has 0 bridgehead atoms. The second-order valence-electron chi connectivity index (χ2n) is 4.86. The van der Waals surface area contributed by atoms with Crippen molar-refractivity contribution in [3.8, 4) is 0 Å². The molecular weight excluding hydrogens is 292 g/mol. The van der Waals surface area contributed by atoms with Gasteiger partial charge in [0.25, 0.3) is 11.6 Å². The lowest BCUT2D eigenvalue weighted by molar-refractivity contribution is -0.384. The Labute approximate surface area is 125 Å². The maximum atomic E-state index is 12.0. The van der Waals surface area contributed by atoms with Crippen LogP contribution in [0, 0.1) is 16.0 Å². The van der Waals surface area contributed by atoms with Crippen LogP contribution in [0.15, 0.2) is 24.3 Å². The van der Waals surface area contributed by atoms with Gasteiger partial charge in [-0.1, -0.05) is 31.3 Å². The van der Waals surface area contributed by atoms with E-state index in [9.17, 15) is 14.9 Å². The van der Waals surface area contributed by atoms with E-state index < -0.39 is 10.8 Å². The van der Waals surface area contributed by atoms with Gasteiger partial charge in [0.05, 0.1) is 4.92 Å². The molecule has 0 radical (unpaired) electrons. The van der Waals surface area contributed by atoms with Gasteiger partial charge in [0.2, 0.25) is 5.13 Å². The maximum absolute atomic E-state index is 12.0. The van der Waals surface area contributed by atoms with Crippen molar-refractivity contribution in [1.29, 1.82) is 0 Å². The van der Waals surface area contributed by atoms with E-state index >= 15 is 0 Å². The summed E-state index contributed by atoms with van der Waals surface area (Å²) in [5, 5.41) is 22.4. The van der Waals surface area contributed by atoms with Gasteiger partial charge in [0.15, 0.2) is 0 Å². The lowest BCUT2D eigenvalue weighted by Crippen LogP contribution is -2.11. The van der Waals surface area contributed by atoms with Gasteiger partial charge in [-0.2, -0.15) is 0 Å². The van der Waals surface area contributed by atoms with Crippen LogP contribution in [0.1, 0.15) is 29.2 Å². The number of carbonyl (C=O) groups is 1. The Morgan fingerprint density at radius 1 is 1.43 bits per heavy atom. The Kier molecular flexibility index (Phi) is 4.59. The summed E-state index contributed by atoms with van der Waals surface area (Å²) < 4.78 is 0. The smallest absolute Gasteiger partial charge is 0.270 e. The molecule has 2 aromatic rings. The predicted octanol–water partition coefficient (Wildman–Crippen LogP) is 2.90. The Hall–Kier alpha value is -2.35. The van der Waals surface area contributed by atoms with Crippen LogP contribution in [0.2, 0.25) is 0 Å². The number of anilines is 1. The molecule has 0 spiro atoms. The molecule has 0 aliphatic carbocycles. The molecule has 0 atom stereocenters. The summed E-state index contributed by atoms with van der Waals surface area (Å²) in [7, 11) is 0. The first kappa shape index (κ1) is 15.0. The van der Waals surface area contributed by atoms with Crippen molar-refractivity contribution >= 4 is 28.1 Å². The third-order valence-corrected chi connectivity index (χ3v) is 3.45. The first-order chi connectivity index (χ1) is 9.95. The lowest BCUT2D eigenvalue weighted by atomic mass is 10.1. The minimum atomic E-state index is -0.539. The number of benzene rings is 1. The van der Waals surface area contributed by atoms with Gasteiger partial charge in [-0.15, -0.1) is 10.2 Å². The molecule has 0 fully saturated rings. The van der Waals surface area contributed by atoms with Crippen LogP contribution in [0.3, 0.4) is 0 Å². The fraction of sp³-hybridized carbons (Fsp3) is 0.308. The van der Waals surface area contributed by atoms with Crippen molar-refractivity contribution in [2.24, 2.45) is 5.92 Å². The van der Waals surface area contributed by atoms with E-state index in [1.54, 1.807) is 0 Å². The van der Waals surface area contributed by atoms with Crippen molar-refractivity contribution in [1.82, 2.24) is 10.2 Å². The molecular formula is C13H14N4O3S. The Balaban J connectivity index is 2.09. The van der Waals surface area contributed by atoms with Gasteiger partial charge in [-0.3, -0.25) is 20.2 Å². The fourth-order valence-corrected chi connectivity index (χ4v) is 2.61. The molecule has 21 heavy (non-hydrogen) atoms. The summed E-state index contributed by atoms with van der Waals surface area (Å²) >= 11 is 1.31. The van der Waals surface area contributed by atoms with E-state index in [1.807, 2.05) is 0 Å². The van der Waals surface area contributed by atoms with Crippen molar-refractivity contribution < 1.29 is 9.72 Å². The highest BCUT2D eigenvalue weighted by molar-refractivity contribution is 7.15. The number of rotatable bonds is 5. The monoisotopic (exact) mass is 306 g/mol. The highest BCUT2D eigenvalue weighted by atomic mass is 32.1. The van der Waals surface area contributed by atoms with Gasteiger partial charge in [0.1, 0.15) is 5.01 Å². The molecule has 0 aliphatic heterocycles. The first-order valence-corrected chi connectivity index (χ1v) is 7.15. The summed E-state index contributed by atoms with van der Waals surface area (Å²) in [6.07, 6.45) is 0.796. The molecule has 0 saturated carbocycles.